The molecule has 0 unspecified atom stereocenters. The summed E-state index contributed by atoms with van der Waals surface area (Å²) in [6.07, 6.45) is 8.48. The number of nitrogens with zero attached hydrogens (tertiary/aromatic N) is 4. The van der Waals surface area contributed by atoms with Crippen molar-refractivity contribution >= 4 is 40.4 Å². The minimum Gasteiger partial charge on any atom is -0.465 e. The number of methoxy groups -OCH3 is 1. The van der Waals surface area contributed by atoms with E-state index in [0.717, 1.165) is 31.4 Å². The van der Waals surface area contributed by atoms with Crippen molar-refractivity contribution in [3.8, 4) is 0 Å². The van der Waals surface area contributed by atoms with E-state index in [1.54, 1.807) is 48.8 Å². The van der Waals surface area contributed by atoms with E-state index >= 15 is 0 Å². The van der Waals surface area contributed by atoms with E-state index in [1.165, 1.54) is 17.8 Å². The highest BCUT2D eigenvalue weighted by Crippen LogP contribution is 2.27. The summed E-state index contributed by atoms with van der Waals surface area (Å²) >= 11 is 0. The van der Waals surface area contributed by atoms with Gasteiger partial charge in [-0.2, -0.15) is 0 Å². The highest BCUT2D eigenvalue weighted by Gasteiger charge is 2.21. The van der Waals surface area contributed by atoms with Crippen LogP contribution in [0.3, 0.4) is 0 Å². The zero-order chi connectivity index (χ0) is 25.8. The third kappa shape index (κ3) is 5.51. The molecule has 1 fully saturated rings. The number of anilines is 4. The fourth-order valence-corrected chi connectivity index (χ4v) is 4.35. The van der Waals surface area contributed by atoms with Crippen LogP contribution in [0.15, 0.2) is 61.1 Å². The summed E-state index contributed by atoms with van der Waals surface area (Å²) in [5.74, 6) is -0.146. The summed E-state index contributed by atoms with van der Waals surface area (Å²) in [7, 11) is 1.34. The second-order valence-corrected chi connectivity index (χ2v) is 8.96. The highest BCUT2D eigenvalue weighted by molar-refractivity contribution is 6.03. The number of carbonyl (C=O) groups is 2. The van der Waals surface area contributed by atoms with Crippen LogP contribution in [0.25, 0.3) is 5.65 Å². The highest BCUT2D eigenvalue weighted by atomic mass is 16.5. The van der Waals surface area contributed by atoms with Gasteiger partial charge in [-0.1, -0.05) is 0 Å². The molecule has 5 N–H and O–H groups in total. The van der Waals surface area contributed by atoms with E-state index in [1.807, 2.05) is 6.07 Å². The van der Waals surface area contributed by atoms with Crippen molar-refractivity contribution in [1.29, 1.82) is 0 Å². The third-order valence-corrected chi connectivity index (χ3v) is 6.35. The number of esters is 1. The maximum atomic E-state index is 13.1. The number of hydrogen-bond donors (Lipinski definition) is 4. The number of ether oxygens (including phenoxy) is 1. The first-order chi connectivity index (χ1) is 18.0. The molecule has 37 heavy (non-hydrogen) atoms. The van der Waals surface area contributed by atoms with Gasteiger partial charge in [0.05, 0.1) is 24.6 Å². The van der Waals surface area contributed by atoms with E-state index in [0.29, 0.717) is 28.4 Å². The first-order valence-corrected chi connectivity index (χ1v) is 12.1. The molecule has 11 nitrogen and oxygen atoms in total. The quantitative estimate of drug-likeness (QED) is 0.279. The van der Waals surface area contributed by atoms with E-state index in [9.17, 15) is 9.59 Å². The predicted octanol–water partition coefficient (Wildman–Crippen LogP) is 3.59. The van der Waals surface area contributed by atoms with Gasteiger partial charge in [-0.3, -0.25) is 9.78 Å². The van der Waals surface area contributed by atoms with Gasteiger partial charge in [-0.15, -0.1) is 5.10 Å². The molecule has 1 amide bonds. The Balaban J connectivity index is 1.48. The first kappa shape index (κ1) is 24.2. The molecule has 4 aromatic rings. The Morgan fingerprint density at radius 1 is 1.03 bits per heavy atom. The molecule has 1 aromatic carbocycles. The molecule has 1 saturated carbocycles. The minimum atomic E-state index is -0.408. The van der Waals surface area contributed by atoms with Crippen LogP contribution >= 0.6 is 0 Å². The largest absolute Gasteiger partial charge is 0.465 e. The average Bonchev–Trinajstić information content (AvgIpc) is 3.35. The fraction of sp³-hybridized carbons (Fsp3) is 0.269. The van der Waals surface area contributed by atoms with Gasteiger partial charge in [0.1, 0.15) is 5.82 Å². The maximum Gasteiger partial charge on any atom is 0.337 e. The van der Waals surface area contributed by atoms with Crippen LogP contribution in [0.2, 0.25) is 0 Å². The summed E-state index contributed by atoms with van der Waals surface area (Å²) in [4.78, 5) is 33.3. The number of fused-ring (bicyclic) bond motifs is 1. The van der Waals surface area contributed by atoms with Gasteiger partial charge in [-0.25, -0.2) is 14.3 Å². The molecule has 0 saturated heterocycles. The van der Waals surface area contributed by atoms with Crippen LogP contribution in [0, 0.1) is 0 Å². The number of nitrogens with one attached hydrogen (secondary N) is 3. The molecule has 1 aliphatic carbocycles. The monoisotopic (exact) mass is 500 g/mol. The van der Waals surface area contributed by atoms with Crippen LogP contribution in [0.1, 0.15) is 46.5 Å². The fourth-order valence-electron chi connectivity index (χ4n) is 4.35. The Bertz CT molecular complexity index is 1400. The second kappa shape index (κ2) is 10.6. The molecule has 3 aromatic heterocycles. The van der Waals surface area contributed by atoms with Crippen molar-refractivity contribution in [1.82, 2.24) is 19.6 Å². The smallest absolute Gasteiger partial charge is 0.337 e. The third-order valence-electron chi connectivity index (χ3n) is 6.35. The normalized spacial score (nSPS) is 17.2. The number of pyridine rings is 1. The van der Waals surface area contributed by atoms with Crippen LogP contribution < -0.4 is 21.7 Å². The number of rotatable bonds is 7. The van der Waals surface area contributed by atoms with Crippen molar-refractivity contribution in [3.05, 3.63) is 72.3 Å². The van der Waals surface area contributed by atoms with Gasteiger partial charge in [-0.05, 0) is 62.1 Å². The van der Waals surface area contributed by atoms with E-state index in [4.69, 9.17) is 15.6 Å². The number of hydrogen-bond acceptors (Lipinski definition) is 9. The molecule has 190 valence electrons. The summed E-state index contributed by atoms with van der Waals surface area (Å²) in [5, 5.41) is 14.4. The zero-order valence-corrected chi connectivity index (χ0v) is 20.3. The second-order valence-electron chi connectivity index (χ2n) is 8.96. The lowest BCUT2D eigenvalue weighted by Crippen LogP contribution is -2.33. The molecule has 0 bridgehead atoms. The topological polar surface area (TPSA) is 149 Å². The van der Waals surface area contributed by atoms with Gasteiger partial charge < -0.3 is 26.4 Å². The summed E-state index contributed by atoms with van der Waals surface area (Å²) < 4.78 is 6.30. The molecule has 0 aliphatic heterocycles. The van der Waals surface area contributed by atoms with Gasteiger partial charge in [0.2, 0.25) is 0 Å². The number of aromatic nitrogens is 4. The van der Waals surface area contributed by atoms with Crippen LogP contribution in [0.4, 0.5) is 22.9 Å². The van der Waals surface area contributed by atoms with Crippen molar-refractivity contribution in [3.63, 3.8) is 0 Å². The Morgan fingerprint density at radius 2 is 1.76 bits per heavy atom. The molecule has 0 atom stereocenters. The van der Waals surface area contributed by atoms with Crippen molar-refractivity contribution in [2.75, 3.05) is 23.1 Å². The number of imidazole rings is 1. The molecule has 0 radical (unpaired) electrons. The minimum absolute atomic E-state index is 0.231. The molecule has 0 spiro atoms. The maximum absolute atomic E-state index is 13.1. The first-order valence-electron chi connectivity index (χ1n) is 12.1. The predicted molar refractivity (Wildman–Crippen MR) is 140 cm³/mol. The van der Waals surface area contributed by atoms with Crippen LogP contribution in [-0.2, 0) is 4.74 Å². The zero-order valence-electron chi connectivity index (χ0n) is 20.3. The SMILES string of the molecule is COC(=O)c1ccc(Nc2cc(N[C@H]3CC[C@H](N)CC3)nn3c(C(=O)Nc4ccncc4)cnc23)cc1. The van der Waals surface area contributed by atoms with E-state index < -0.39 is 5.97 Å². The standard InChI is InChI=1S/C26H28N8O3/c1-37-26(36)16-2-6-18(7-3-16)30-21-14-23(31-19-8-4-17(27)5-9-19)33-34-22(15-29-24(21)34)25(35)32-20-10-12-28-13-11-20/h2-3,6-7,10-15,17,19,30H,4-5,8-9,27H2,1H3,(H,31,33)(H,28,32,35)/t17-,19-. The summed E-state index contributed by atoms with van der Waals surface area (Å²) in [6.45, 7) is 0. The molecule has 5 rings (SSSR count). The van der Waals surface area contributed by atoms with Crippen molar-refractivity contribution in [2.45, 2.75) is 37.8 Å². The van der Waals surface area contributed by atoms with Gasteiger partial charge in [0.25, 0.3) is 5.91 Å². The lowest BCUT2D eigenvalue weighted by atomic mass is 9.92. The molecular formula is C26H28N8O3. The Morgan fingerprint density at radius 3 is 2.46 bits per heavy atom. The lowest BCUT2D eigenvalue weighted by Gasteiger charge is -2.27. The average molecular weight is 501 g/mol. The Kier molecular flexibility index (Phi) is 6.95. The van der Waals surface area contributed by atoms with E-state index in [-0.39, 0.29) is 23.7 Å². The van der Waals surface area contributed by atoms with E-state index in [2.05, 4.69) is 25.9 Å². The van der Waals surface area contributed by atoms with Crippen LogP contribution in [-0.4, -0.2) is 50.7 Å². The Hall–Kier alpha value is -4.51. The molecule has 3 heterocycles. The Labute approximate surface area is 213 Å². The van der Waals surface area contributed by atoms with Crippen molar-refractivity contribution in [2.24, 2.45) is 5.73 Å². The molecule has 11 heteroatoms. The lowest BCUT2D eigenvalue weighted by molar-refractivity contribution is 0.0600. The molecule has 1 aliphatic rings. The number of benzene rings is 1. The van der Waals surface area contributed by atoms with Gasteiger partial charge in [0.15, 0.2) is 11.3 Å². The number of amides is 1. The number of nitrogens with two attached hydrogens (primary N) is 1. The van der Waals surface area contributed by atoms with Gasteiger partial charge in [0, 0.05) is 41.9 Å². The molecular weight excluding hydrogens is 472 g/mol. The summed E-state index contributed by atoms with van der Waals surface area (Å²) in [5.41, 5.74) is 9.29. The van der Waals surface area contributed by atoms with Crippen molar-refractivity contribution < 1.29 is 14.3 Å². The summed E-state index contributed by atoms with van der Waals surface area (Å²) in [6, 6.07) is 12.7. The van der Waals surface area contributed by atoms with Crippen LogP contribution in [0.5, 0.6) is 0 Å². The van der Waals surface area contributed by atoms with Gasteiger partial charge >= 0.3 is 5.97 Å². The number of carbonyl (C=O) groups excluding carboxylic acids is 2.